The Hall–Kier alpha value is -2.17. The molecule has 21 heavy (non-hydrogen) atoms. The smallest absolute Gasteiger partial charge is 0.256 e. The molecule has 1 aliphatic rings. The number of nitrogens with zero attached hydrogens (tertiary/aromatic N) is 2. The molecule has 3 rings (SSSR count). The first-order chi connectivity index (χ1) is 10.1. The first-order valence-electron chi connectivity index (χ1n) is 7.26. The van der Waals surface area contributed by atoms with Crippen LogP contribution in [0.5, 0.6) is 0 Å². The normalized spacial score (nSPS) is 15.3. The van der Waals surface area contributed by atoms with Crippen LogP contribution in [0.2, 0.25) is 0 Å². The molecule has 1 heterocycles. The summed E-state index contributed by atoms with van der Waals surface area (Å²) in [5, 5.41) is 7.13. The van der Waals surface area contributed by atoms with E-state index in [1.807, 2.05) is 4.68 Å². The van der Waals surface area contributed by atoms with E-state index < -0.39 is 0 Å². The van der Waals surface area contributed by atoms with Crippen molar-refractivity contribution >= 4 is 11.7 Å². The molecule has 0 radical (unpaired) electrons. The van der Waals surface area contributed by atoms with Gasteiger partial charge in [-0.1, -0.05) is 18.9 Å². The van der Waals surface area contributed by atoms with E-state index in [1.54, 1.807) is 31.3 Å². The van der Waals surface area contributed by atoms with E-state index in [0.29, 0.717) is 23.0 Å². The summed E-state index contributed by atoms with van der Waals surface area (Å²) < 4.78 is 15.4. The zero-order chi connectivity index (χ0) is 14.8. The predicted molar refractivity (Wildman–Crippen MR) is 78.8 cm³/mol. The summed E-state index contributed by atoms with van der Waals surface area (Å²) in [5.74, 6) is -0.00604. The van der Waals surface area contributed by atoms with Gasteiger partial charge in [-0.05, 0) is 37.5 Å². The Morgan fingerprint density at radius 3 is 2.81 bits per heavy atom. The van der Waals surface area contributed by atoms with Crippen molar-refractivity contribution in [3.8, 4) is 0 Å². The van der Waals surface area contributed by atoms with Crippen molar-refractivity contribution in [3.63, 3.8) is 0 Å². The van der Waals surface area contributed by atoms with Crippen molar-refractivity contribution in [2.45, 2.75) is 38.6 Å². The van der Waals surface area contributed by atoms with Crippen LogP contribution in [0, 0.1) is 12.7 Å². The predicted octanol–water partition coefficient (Wildman–Crippen LogP) is 3.70. The average molecular weight is 287 g/mol. The minimum Gasteiger partial charge on any atom is -0.307 e. The minimum atomic E-state index is -0.369. The molecule has 1 aromatic heterocycles. The van der Waals surface area contributed by atoms with E-state index >= 15 is 0 Å². The number of aryl methyl sites for hydroxylation is 1. The molecule has 1 N–H and O–H groups in total. The van der Waals surface area contributed by atoms with Crippen LogP contribution in [0.15, 0.2) is 30.5 Å². The standard InChI is InChI=1S/C16H18FN3O/c1-11-6-7-12(10-14(11)17)16(21)19-15-8-9-18-20(15)13-4-2-3-5-13/h6-10,13H,2-5H2,1H3,(H,19,21). The van der Waals surface area contributed by atoms with E-state index in [0.717, 1.165) is 12.8 Å². The summed E-state index contributed by atoms with van der Waals surface area (Å²) >= 11 is 0. The molecule has 0 atom stereocenters. The molecular weight excluding hydrogens is 269 g/mol. The number of anilines is 1. The van der Waals surface area contributed by atoms with Crippen LogP contribution in [0.4, 0.5) is 10.2 Å². The molecule has 0 aliphatic heterocycles. The number of amides is 1. The van der Waals surface area contributed by atoms with Crippen LogP contribution < -0.4 is 5.32 Å². The molecule has 110 valence electrons. The lowest BCUT2D eigenvalue weighted by Gasteiger charge is -2.14. The maximum atomic E-state index is 13.5. The number of aromatic nitrogens is 2. The lowest BCUT2D eigenvalue weighted by atomic mass is 10.1. The molecule has 1 saturated carbocycles. The largest absolute Gasteiger partial charge is 0.307 e. The van der Waals surface area contributed by atoms with E-state index in [4.69, 9.17) is 0 Å². The Morgan fingerprint density at radius 1 is 1.33 bits per heavy atom. The number of hydrogen-bond acceptors (Lipinski definition) is 2. The van der Waals surface area contributed by atoms with E-state index in [2.05, 4.69) is 10.4 Å². The third-order valence-electron chi connectivity index (χ3n) is 4.02. The maximum absolute atomic E-state index is 13.5. The number of carbonyl (C=O) groups is 1. The molecule has 1 fully saturated rings. The number of rotatable bonds is 3. The lowest BCUT2D eigenvalue weighted by molar-refractivity contribution is 0.102. The lowest BCUT2D eigenvalue weighted by Crippen LogP contribution is -2.17. The van der Waals surface area contributed by atoms with E-state index in [1.165, 1.54) is 18.9 Å². The highest BCUT2D eigenvalue weighted by molar-refractivity contribution is 6.03. The summed E-state index contributed by atoms with van der Waals surface area (Å²) in [7, 11) is 0. The molecule has 0 spiro atoms. The Balaban J connectivity index is 1.78. The molecule has 1 aliphatic carbocycles. The molecule has 0 bridgehead atoms. The van der Waals surface area contributed by atoms with Gasteiger partial charge in [0, 0.05) is 11.6 Å². The monoisotopic (exact) mass is 287 g/mol. The van der Waals surface area contributed by atoms with Crippen molar-refractivity contribution in [1.82, 2.24) is 9.78 Å². The van der Waals surface area contributed by atoms with Gasteiger partial charge < -0.3 is 5.32 Å². The van der Waals surface area contributed by atoms with E-state index in [-0.39, 0.29) is 11.7 Å². The second-order valence-corrected chi connectivity index (χ2v) is 5.52. The van der Waals surface area contributed by atoms with Gasteiger partial charge in [0.25, 0.3) is 5.91 Å². The van der Waals surface area contributed by atoms with Crippen LogP contribution in [-0.4, -0.2) is 15.7 Å². The Labute approximate surface area is 123 Å². The molecule has 4 nitrogen and oxygen atoms in total. The van der Waals surface area contributed by atoms with Gasteiger partial charge in [0.15, 0.2) is 0 Å². The van der Waals surface area contributed by atoms with Gasteiger partial charge in [0.2, 0.25) is 0 Å². The summed E-state index contributed by atoms with van der Waals surface area (Å²) in [6, 6.07) is 6.63. The second-order valence-electron chi connectivity index (χ2n) is 5.52. The van der Waals surface area contributed by atoms with Crippen molar-refractivity contribution in [2.75, 3.05) is 5.32 Å². The average Bonchev–Trinajstić information content (AvgIpc) is 3.12. The van der Waals surface area contributed by atoms with Gasteiger partial charge >= 0.3 is 0 Å². The fraction of sp³-hybridized carbons (Fsp3) is 0.375. The zero-order valence-corrected chi connectivity index (χ0v) is 12.0. The summed E-state index contributed by atoms with van der Waals surface area (Å²) in [5.41, 5.74) is 0.847. The fourth-order valence-electron chi connectivity index (χ4n) is 2.78. The highest BCUT2D eigenvalue weighted by Crippen LogP contribution is 2.31. The first kappa shape index (κ1) is 13.8. The fourth-order valence-corrected chi connectivity index (χ4v) is 2.78. The van der Waals surface area contributed by atoms with Gasteiger partial charge in [0.05, 0.1) is 12.2 Å². The van der Waals surface area contributed by atoms with Gasteiger partial charge in [-0.25, -0.2) is 9.07 Å². The number of carbonyl (C=O) groups excluding carboxylic acids is 1. The quantitative estimate of drug-likeness (QED) is 0.935. The Bertz CT molecular complexity index is 659. The number of nitrogens with one attached hydrogen (secondary N) is 1. The molecule has 0 saturated heterocycles. The zero-order valence-electron chi connectivity index (χ0n) is 12.0. The molecule has 1 amide bonds. The number of benzene rings is 1. The molecule has 2 aromatic rings. The maximum Gasteiger partial charge on any atom is 0.256 e. The van der Waals surface area contributed by atoms with Gasteiger partial charge in [0.1, 0.15) is 11.6 Å². The van der Waals surface area contributed by atoms with Crippen molar-refractivity contribution < 1.29 is 9.18 Å². The van der Waals surface area contributed by atoms with Gasteiger partial charge in [-0.2, -0.15) is 5.10 Å². The van der Waals surface area contributed by atoms with Crippen LogP contribution in [0.1, 0.15) is 47.6 Å². The van der Waals surface area contributed by atoms with Crippen molar-refractivity contribution in [2.24, 2.45) is 0 Å². The van der Waals surface area contributed by atoms with Crippen LogP contribution in [0.3, 0.4) is 0 Å². The molecule has 0 unspecified atom stereocenters. The Kier molecular flexibility index (Phi) is 3.73. The molecule has 1 aromatic carbocycles. The summed E-state index contributed by atoms with van der Waals surface area (Å²) in [4.78, 5) is 12.2. The van der Waals surface area contributed by atoms with E-state index in [9.17, 15) is 9.18 Å². The third-order valence-corrected chi connectivity index (χ3v) is 4.02. The SMILES string of the molecule is Cc1ccc(C(=O)Nc2ccnn2C2CCCC2)cc1F. The number of hydrogen-bond donors (Lipinski definition) is 1. The van der Waals surface area contributed by atoms with Crippen LogP contribution in [0.25, 0.3) is 0 Å². The highest BCUT2D eigenvalue weighted by atomic mass is 19.1. The molecule has 5 heteroatoms. The summed E-state index contributed by atoms with van der Waals surface area (Å²) in [6.45, 7) is 1.67. The minimum absolute atomic E-state index is 0.311. The third kappa shape index (κ3) is 2.82. The topological polar surface area (TPSA) is 46.9 Å². The van der Waals surface area contributed by atoms with Crippen molar-refractivity contribution in [1.29, 1.82) is 0 Å². The Morgan fingerprint density at radius 2 is 2.10 bits per heavy atom. The van der Waals surface area contributed by atoms with Crippen LogP contribution >= 0.6 is 0 Å². The van der Waals surface area contributed by atoms with Gasteiger partial charge in [-0.15, -0.1) is 0 Å². The molecular formula is C16H18FN3O. The van der Waals surface area contributed by atoms with Crippen LogP contribution in [-0.2, 0) is 0 Å². The van der Waals surface area contributed by atoms with Gasteiger partial charge in [-0.3, -0.25) is 4.79 Å². The number of halogens is 1. The van der Waals surface area contributed by atoms with Crippen molar-refractivity contribution in [3.05, 3.63) is 47.4 Å². The second kappa shape index (κ2) is 5.68. The summed E-state index contributed by atoms with van der Waals surface area (Å²) in [6.07, 6.45) is 6.25. The highest BCUT2D eigenvalue weighted by Gasteiger charge is 2.20. The first-order valence-corrected chi connectivity index (χ1v) is 7.26.